The van der Waals surface area contributed by atoms with E-state index in [4.69, 9.17) is 0 Å². The number of alkyl halides is 3. The number of hydrogen-bond donors (Lipinski definition) is 1. The van der Waals surface area contributed by atoms with Crippen LogP contribution in [0.4, 0.5) is 19.0 Å². The van der Waals surface area contributed by atoms with Gasteiger partial charge in [0.05, 0.1) is 17.3 Å². The highest BCUT2D eigenvalue weighted by molar-refractivity contribution is 6.04. The number of pyridine rings is 2. The smallest absolute Gasteiger partial charge is 0.304 e. The van der Waals surface area contributed by atoms with Gasteiger partial charge in [0.2, 0.25) is 0 Å². The van der Waals surface area contributed by atoms with E-state index in [9.17, 15) is 18.0 Å². The summed E-state index contributed by atoms with van der Waals surface area (Å²) in [6, 6.07) is 9.32. The van der Waals surface area contributed by atoms with Gasteiger partial charge in [-0.1, -0.05) is 24.3 Å². The van der Waals surface area contributed by atoms with Crippen molar-refractivity contribution in [3.8, 4) is 11.1 Å². The molecule has 4 rings (SSSR count). The number of anilines is 1. The van der Waals surface area contributed by atoms with Gasteiger partial charge >= 0.3 is 6.18 Å². The van der Waals surface area contributed by atoms with E-state index in [1.807, 2.05) is 0 Å². The maximum absolute atomic E-state index is 13.1. The van der Waals surface area contributed by atoms with E-state index >= 15 is 0 Å². The molecule has 3 aromatic heterocycles. The molecular formula is C20H12F3N5O. The highest BCUT2D eigenvalue weighted by Gasteiger charge is 2.31. The lowest BCUT2D eigenvalue weighted by Crippen LogP contribution is -2.14. The zero-order valence-electron chi connectivity index (χ0n) is 14.7. The van der Waals surface area contributed by atoms with Gasteiger partial charge in [0.25, 0.3) is 5.91 Å². The first-order chi connectivity index (χ1) is 13.9. The molecule has 0 spiro atoms. The van der Waals surface area contributed by atoms with E-state index < -0.39 is 17.6 Å². The Kier molecular flexibility index (Phi) is 4.63. The highest BCUT2D eigenvalue weighted by atomic mass is 19.4. The molecule has 0 aliphatic heterocycles. The third kappa shape index (κ3) is 3.88. The summed E-state index contributed by atoms with van der Waals surface area (Å²) >= 11 is 0. The number of fused-ring (bicyclic) bond motifs is 1. The summed E-state index contributed by atoms with van der Waals surface area (Å²) in [6.45, 7) is 0. The van der Waals surface area contributed by atoms with E-state index in [0.717, 1.165) is 12.3 Å². The Morgan fingerprint density at radius 2 is 1.83 bits per heavy atom. The number of hydrogen-bond acceptors (Lipinski definition) is 5. The predicted octanol–water partition coefficient (Wildman–Crippen LogP) is 4.36. The van der Waals surface area contributed by atoms with Gasteiger partial charge in [-0.05, 0) is 12.1 Å². The SMILES string of the molecule is O=C(Nc1cnccn1)c1ccc2cccc(-c3cncc(C(F)(F)F)c3)c2n1. The molecule has 1 aromatic carbocycles. The number of nitrogens with zero attached hydrogens (tertiary/aromatic N) is 4. The summed E-state index contributed by atoms with van der Waals surface area (Å²) in [5.41, 5.74) is 0.319. The fraction of sp³-hybridized carbons (Fsp3) is 0.0500. The quantitative estimate of drug-likeness (QED) is 0.558. The topological polar surface area (TPSA) is 80.7 Å². The van der Waals surface area contributed by atoms with Crippen LogP contribution in [0.2, 0.25) is 0 Å². The Balaban J connectivity index is 1.76. The van der Waals surface area contributed by atoms with Crippen molar-refractivity contribution in [3.05, 3.63) is 78.6 Å². The normalized spacial score (nSPS) is 11.4. The minimum Gasteiger partial charge on any atom is -0.304 e. The average molecular weight is 395 g/mol. The lowest BCUT2D eigenvalue weighted by molar-refractivity contribution is -0.137. The Hall–Kier alpha value is -3.88. The van der Waals surface area contributed by atoms with Crippen molar-refractivity contribution in [2.75, 3.05) is 5.32 Å². The molecule has 0 fully saturated rings. The Morgan fingerprint density at radius 1 is 0.966 bits per heavy atom. The fourth-order valence-corrected chi connectivity index (χ4v) is 2.79. The molecule has 6 nitrogen and oxygen atoms in total. The first kappa shape index (κ1) is 18.5. The molecule has 0 unspecified atom stereocenters. The van der Waals surface area contributed by atoms with E-state index in [0.29, 0.717) is 16.5 Å². The number of aromatic nitrogens is 4. The minimum atomic E-state index is -4.51. The van der Waals surface area contributed by atoms with Crippen LogP contribution in [-0.4, -0.2) is 25.8 Å². The molecule has 3 heterocycles. The van der Waals surface area contributed by atoms with Crippen molar-refractivity contribution in [2.45, 2.75) is 6.18 Å². The van der Waals surface area contributed by atoms with E-state index in [-0.39, 0.29) is 17.1 Å². The third-order valence-electron chi connectivity index (χ3n) is 4.13. The number of rotatable bonds is 3. The molecular weight excluding hydrogens is 383 g/mol. The Labute approximate surface area is 162 Å². The van der Waals surface area contributed by atoms with E-state index in [1.165, 1.54) is 30.9 Å². The Bertz CT molecular complexity index is 1200. The fourth-order valence-electron chi connectivity index (χ4n) is 2.79. The molecule has 1 amide bonds. The van der Waals surface area contributed by atoms with Crippen molar-refractivity contribution in [3.63, 3.8) is 0 Å². The molecule has 0 atom stereocenters. The minimum absolute atomic E-state index is 0.0931. The van der Waals surface area contributed by atoms with Crippen LogP contribution in [0.25, 0.3) is 22.0 Å². The summed E-state index contributed by atoms with van der Waals surface area (Å²) in [5, 5.41) is 3.25. The largest absolute Gasteiger partial charge is 0.417 e. The second-order valence-electron chi connectivity index (χ2n) is 6.08. The first-order valence-electron chi connectivity index (χ1n) is 8.41. The predicted molar refractivity (Wildman–Crippen MR) is 100.0 cm³/mol. The summed E-state index contributed by atoms with van der Waals surface area (Å²) in [5.74, 6) is -0.251. The highest BCUT2D eigenvalue weighted by Crippen LogP contribution is 2.33. The summed E-state index contributed by atoms with van der Waals surface area (Å²) in [6.07, 6.45) is 1.88. The van der Waals surface area contributed by atoms with Gasteiger partial charge in [0.1, 0.15) is 5.69 Å². The van der Waals surface area contributed by atoms with Gasteiger partial charge in [-0.3, -0.25) is 14.8 Å². The van der Waals surface area contributed by atoms with E-state index in [1.54, 1.807) is 24.3 Å². The van der Waals surface area contributed by atoms with Crippen LogP contribution in [0.1, 0.15) is 16.1 Å². The van der Waals surface area contributed by atoms with Crippen LogP contribution in [0.3, 0.4) is 0 Å². The molecule has 0 bridgehead atoms. The molecule has 1 N–H and O–H groups in total. The zero-order chi connectivity index (χ0) is 20.4. The average Bonchev–Trinajstić information content (AvgIpc) is 2.73. The number of benzene rings is 1. The van der Waals surface area contributed by atoms with Gasteiger partial charge < -0.3 is 5.32 Å². The molecule has 0 aliphatic rings. The second kappa shape index (κ2) is 7.27. The Morgan fingerprint density at radius 3 is 2.59 bits per heavy atom. The van der Waals surface area contributed by atoms with Crippen molar-refractivity contribution >= 4 is 22.6 Å². The number of carbonyl (C=O) groups is 1. The first-order valence-corrected chi connectivity index (χ1v) is 8.41. The van der Waals surface area contributed by atoms with Crippen LogP contribution in [0.15, 0.2) is 67.4 Å². The van der Waals surface area contributed by atoms with Gasteiger partial charge in [-0.2, -0.15) is 13.2 Å². The number of amides is 1. The summed E-state index contributed by atoms with van der Waals surface area (Å²) < 4.78 is 39.2. The summed E-state index contributed by atoms with van der Waals surface area (Å²) in [4.78, 5) is 28.4. The maximum atomic E-state index is 13.1. The molecule has 0 saturated carbocycles. The standard InChI is InChI=1S/C20H12F3N5O/c21-20(22,23)14-8-13(9-25-10-14)15-3-1-2-12-4-5-16(27-18(12)15)19(29)28-17-11-24-6-7-26-17/h1-11H,(H,26,28,29). The van der Waals surface area contributed by atoms with Crippen LogP contribution < -0.4 is 5.32 Å². The number of halogens is 3. The van der Waals surface area contributed by atoms with Gasteiger partial charge in [0.15, 0.2) is 5.82 Å². The number of nitrogens with one attached hydrogen (secondary N) is 1. The third-order valence-corrected chi connectivity index (χ3v) is 4.13. The molecule has 9 heteroatoms. The molecule has 0 aliphatic carbocycles. The van der Waals surface area contributed by atoms with Gasteiger partial charge in [-0.25, -0.2) is 9.97 Å². The van der Waals surface area contributed by atoms with Crippen LogP contribution in [-0.2, 0) is 6.18 Å². The van der Waals surface area contributed by atoms with Gasteiger partial charge in [0, 0.05) is 41.3 Å². The van der Waals surface area contributed by atoms with Crippen molar-refractivity contribution in [2.24, 2.45) is 0 Å². The van der Waals surface area contributed by atoms with Crippen LogP contribution in [0.5, 0.6) is 0 Å². The second-order valence-corrected chi connectivity index (χ2v) is 6.08. The number of para-hydroxylation sites is 1. The molecule has 29 heavy (non-hydrogen) atoms. The molecule has 144 valence electrons. The van der Waals surface area contributed by atoms with E-state index in [2.05, 4.69) is 25.3 Å². The van der Waals surface area contributed by atoms with Crippen LogP contribution in [0, 0.1) is 0 Å². The maximum Gasteiger partial charge on any atom is 0.417 e. The van der Waals surface area contributed by atoms with Crippen molar-refractivity contribution < 1.29 is 18.0 Å². The molecule has 0 saturated heterocycles. The molecule has 4 aromatic rings. The molecule has 0 radical (unpaired) electrons. The lowest BCUT2D eigenvalue weighted by atomic mass is 10.0. The van der Waals surface area contributed by atoms with Crippen LogP contribution >= 0.6 is 0 Å². The van der Waals surface area contributed by atoms with Gasteiger partial charge in [-0.15, -0.1) is 0 Å². The monoisotopic (exact) mass is 395 g/mol. The zero-order valence-corrected chi connectivity index (χ0v) is 14.7. The lowest BCUT2D eigenvalue weighted by Gasteiger charge is -2.11. The number of carbonyl (C=O) groups excluding carboxylic acids is 1. The summed E-state index contributed by atoms with van der Waals surface area (Å²) in [7, 11) is 0. The van der Waals surface area contributed by atoms with Crippen molar-refractivity contribution in [1.29, 1.82) is 0 Å². The van der Waals surface area contributed by atoms with Crippen molar-refractivity contribution in [1.82, 2.24) is 19.9 Å².